The number of ether oxygens (including phenoxy) is 1. The summed E-state index contributed by atoms with van der Waals surface area (Å²) in [6.45, 7) is 1.87. The van der Waals surface area contributed by atoms with E-state index in [4.69, 9.17) is 4.74 Å². The summed E-state index contributed by atoms with van der Waals surface area (Å²) < 4.78 is 5.47. The number of benzene rings is 1. The third-order valence-electron chi connectivity index (χ3n) is 2.02. The fraction of sp³-hybridized carbons (Fsp3) is 0.273. The molecule has 0 saturated heterocycles. The lowest BCUT2D eigenvalue weighted by molar-refractivity contribution is -0.120. The predicted molar refractivity (Wildman–Crippen MR) is 53.2 cm³/mol. The summed E-state index contributed by atoms with van der Waals surface area (Å²) in [5, 5.41) is 0. The van der Waals surface area contributed by atoms with Gasteiger partial charge in [0.1, 0.15) is 6.10 Å². The first-order chi connectivity index (χ1) is 6.75. The van der Waals surface area contributed by atoms with Crippen molar-refractivity contribution in [2.75, 3.05) is 0 Å². The Morgan fingerprint density at radius 3 is 2.71 bits per heavy atom. The molecule has 1 unspecified atom stereocenters. The molecular weight excluding hydrogens is 178 g/mol. The Kier molecular flexibility index (Phi) is 2.31. The molecule has 0 saturated carbocycles. The van der Waals surface area contributed by atoms with E-state index < -0.39 is 0 Å². The molecule has 3 heteroatoms. The van der Waals surface area contributed by atoms with E-state index in [0.29, 0.717) is 12.3 Å². The van der Waals surface area contributed by atoms with Crippen molar-refractivity contribution in [1.82, 2.24) is 0 Å². The topological polar surface area (TPSA) is 38.7 Å². The monoisotopic (exact) mass is 189 g/mol. The van der Waals surface area contributed by atoms with Crippen LogP contribution in [0.15, 0.2) is 35.3 Å². The van der Waals surface area contributed by atoms with Crippen LogP contribution in [0.3, 0.4) is 0 Å². The number of hydrogen-bond acceptors (Lipinski definition) is 2. The molecule has 1 atom stereocenters. The third-order valence-corrected chi connectivity index (χ3v) is 2.02. The minimum absolute atomic E-state index is 0.0739. The van der Waals surface area contributed by atoms with Crippen LogP contribution in [-0.4, -0.2) is 17.9 Å². The van der Waals surface area contributed by atoms with Gasteiger partial charge in [-0.25, -0.2) is 0 Å². The quantitative estimate of drug-likeness (QED) is 0.675. The van der Waals surface area contributed by atoms with Crippen LogP contribution in [0.25, 0.3) is 0 Å². The van der Waals surface area contributed by atoms with Crippen LogP contribution < -0.4 is 0 Å². The molecule has 0 aromatic heterocycles. The van der Waals surface area contributed by atoms with Crippen molar-refractivity contribution < 1.29 is 9.53 Å². The van der Waals surface area contributed by atoms with Gasteiger partial charge in [0.25, 0.3) is 5.91 Å². The van der Waals surface area contributed by atoms with E-state index in [9.17, 15) is 4.79 Å². The highest BCUT2D eigenvalue weighted by Crippen LogP contribution is 2.13. The van der Waals surface area contributed by atoms with Crippen LogP contribution in [0.5, 0.6) is 0 Å². The number of aliphatic imine (C=N–C) groups is 1. The van der Waals surface area contributed by atoms with Gasteiger partial charge in [0, 0.05) is 5.56 Å². The Morgan fingerprint density at radius 2 is 2.07 bits per heavy atom. The van der Waals surface area contributed by atoms with Gasteiger partial charge in [-0.3, -0.25) is 4.79 Å². The van der Waals surface area contributed by atoms with Crippen LogP contribution in [0, 0.1) is 0 Å². The summed E-state index contributed by atoms with van der Waals surface area (Å²) in [7, 11) is 0. The van der Waals surface area contributed by atoms with E-state index in [2.05, 4.69) is 4.99 Å². The summed E-state index contributed by atoms with van der Waals surface area (Å²) in [5.74, 6) is 0.331. The van der Waals surface area contributed by atoms with Gasteiger partial charge >= 0.3 is 0 Å². The van der Waals surface area contributed by atoms with Crippen molar-refractivity contribution in [3.63, 3.8) is 0 Å². The van der Waals surface area contributed by atoms with Crippen molar-refractivity contribution in [1.29, 1.82) is 0 Å². The number of carbonyl (C=O) groups excluding carboxylic acids is 1. The maximum Gasteiger partial charge on any atom is 0.252 e. The average molecular weight is 189 g/mol. The molecule has 0 spiro atoms. The van der Waals surface area contributed by atoms with E-state index in [1.54, 1.807) is 0 Å². The Balaban J connectivity index is 2.31. The first kappa shape index (κ1) is 8.94. The second-order valence-electron chi connectivity index (χ2n) is 3.31. The van der Waals surface area contributed by atoms with Crippen LogP contribution in [0.2, 0.25) is 0 Å². The summed E-state index contributed by atoms with van der Waals surface area (Å²) in [4.78, 5) is 15.0. The van der Waals surface area contributed by atoms with Gasteiger partial charge in [0.05, 0.1) is 6.42 Å². The maximum atomic E-state index is 11.2. The van der Waals surface area contributed by atoms with E-state index in [-0.39, 0.29) is 12.0 Å². The highest BCUT2D eigenvalue weighted by molar-refractivity contribution is 6.03. The zero-order chi connectivity index (χ0) is 9.97. The van der Waals surface area contributed by atoms with Crippen LogP contribution >= 0.6 is 0 Å². The van der Waals surface area contributed by atoms with Crippen LogP contribution in [-0.2, 0) is 9.53 Å². The number of rotatable bonds is 1. The number of amides is 1. The Bertz CT molecular complexity index is 370. The minimum Gasteiger partial charge on any atom is -0.474 e. The molecule has 0 bridgehead atoms. The molecule has 0 fully saturated rings. The molecule has 0 N–H and O–H groups in total. The lowest BCUT2D eigenvalue weighted by Gasteiger charge is -2.19. The largest absolute Gasteiger partial charge is 0.474 e. The van der Waals surface area contributed by atoms with E-state index in [1.165, 1.54) is 0 Å². The summed E-state index contributed by atoms with van der Waals surface area (Å²) >= 11 is 0. The van der Waals surface area contributed by atoms with Crippen LogP contribution in [0.1, 0.15) is 18.9 Å². The summed E-state index contributed by atoms with van der Waals surface area (Å²) in [5.41, 5.74) is 0.854. The molecule has 2 rings (SSSR count). The zero-order valence-corrected chi connectivity index (χ0v) is 7.93. The summed E-state index contributed by atoms with van der Waals surface area (Å²) in [6, 6.07) is 9.46. The number of hydrogen-bond donors (Lipinski definition) is 0. The Labute approximate surface area is 82.4 Å². The molecule has 14 heavy (non-hydrogen) atoms. The van der Waals surface area contributed by atoms with E-state index in [1.807, 2.05) is 37.3 Å². The van der Waals surface area contributed by atoms with Gasteiger partial charge in [-0.15, -0.1) is 0 Å². The summed E-state index contributed by atoms with van der Waals surface area (Å²) in [6.07, 6.45) is 0.297. The van der Waals surface area contributed by atoms with Crippen molar-refractivity contribution in [3.05, 3.63) is 35.9 Å². The lowest BCUT2D eigenvalue weighted by atomic mass is 10.2. The van der Waals surface area contributed by atoms with Crippen molar-refractivity contribution >= 4 is 11.8 Å². The molecule has 0 aliphatic carbocycles. The Morgan fingerprint density at radius 1 is 1.36 bits per heavy atom. The van der Waals surface area contributed by atoms with Gasteiger partial charge < -0.3 is 4.74 Å². The van der Waals surface area contributed by atoms with Gasteiger partial charge in [0.15, 0.2) is 0 Å². The normalized spacial score (nSPS) is 21.4. The van der Waals surface area contributed by atoms with Gasteiger partial charge in [-0.2, -0.15) is 4.99 Å². The smallest absolute Gasteiger partial charge is 0.252 e. The van der Waals surface area contributed by atoms with Gasteiger partial charge in [0.2, 0.25) is 5.90 Å². The van der Waals surface area contributed by atoms with E-state index >= 15 is 0 Å². The molecule has 1 heterocycles. The van der Waals surface area contributed by atoms with Crippen molar-refractivity contribution in [3.8, 4) is 0 Å². The average Bonchev–Trinajstić information content (AvgIpc) is 2.18. The highest BCUT2D eigenvalue weighted by Gasteiger charge is 2.20. The molecule has 0 radical (unpaired) electrons. The van der Waals surface area contributed by atoms with Gasteiger partial charge in [-0.1, -0.05) is 18.2 Å². The molecular formula is C11H11NO2. The first-order valence-electron chi connectivity index (χ1n) is 4.59. The SMILES string of the molecule is CC1CC(=O)N=C(c2ccccc2)O1. The zero-order valence-electron chi connectivity index (χ0n) is 7.93. The van der Waals surface area contributed by atoms with Crippen molar-refractivity contribution in [2.24, 2.45) is 4.99 Å². The molecule has 1 aromatic carbocycles. The molecule has 1 aromatic rings. The first-order valence-corrected chi connectivity index (χ1v) is 4.59. The lowest BCUT2D eigenvalue weighted by Crippen LogP contribution is -2.25. The van der Waals surface area contributed by atoms with E-state index in [0.717, 1.165) is 5.56 Å². The van der Waals surface area contributed by atoms with Crippen molar-refractivity contribution in [2.45, 2.75) is 19.4 Å². The third kappa shape index (κ3) is 1.82. The second kappa shape index (κ2) is 3.62. The molecule has 1 aliphatic heterocycles. The standard InChI is InChI=1S/C11H11NO2/c1-8-7-10(13)12-11(14-8)9-5-3-2-4-6-9/h2-6,8H,7H2,1H3. The van der Waals surface area contributed by atoms with Crippen LogP contribution in [0.4, 0.5) is 0 Å². The predicted octanol–water partition coefficient (Wildman–Crippen LogP) is 1.77. The fourth-order valence-corrected chi connectivity index (χ4v) is 1.38. The molecule has 3 nitrogen and oxygen atoms in total. The fourth-order valence-electron chi connectivity index (χ4n) is 1.38. The number of carbonyl (C=O) groups is 1. The minimum atomic E-state index is -0.109. The number of nitrogens with zero attached hydrogens (tertiary/aromatic N) is 1. The molecule has 1 amide bonds. The highest BCUT2D eigenvalue weighted by atomic mass is 16.5. The molecule has 72 valence electrons. The second-order valence-corrected chi connectivity index (χ2v) is 3.31. The Hall–Kier alpha value is -1.64. The maximum absolute atomic E-state index is 11.2. The van der Waals surface area contributed by atoms with Gasteiger partial charge in [-0.05, 0) is 19.1 Å². The molecule has 1 aliphatic rings.